The van der Waals surface area contributed by atoms with Crippen molar-refractivity contribution in [1.82, 2.24) is 19.2 Å². The number of carbonyl (C=O) groups excluding carboxylic acids is 1. The Morgan fingerprint density at radius 1 is 1.09 bits per heavy atom. The van der Waals surface area contributed by atoms with Crippen LogP contribution in [-0.4, -0.2) is 45.4 Å². The van der Waals surface area contributed by atoms with Crippen LogP contribution in [0.1, 0.15) is 16.1 Å². The van der Waals surface area contributed by atoms with Crippen molar-refractivity contribution in [2.75, 3.05) is 25.6 Å². The maximum atomic E-state index is 13.2. The highest BCUT2D eigenvalue weighted by atomic mass is 35.5. The van der Waals surface area contributed by atoms with Gasteiger partial charge >= 0.3 is 0 Å². The summed E-state index contributed by atoms with van der Waals surface area (Å²) in [5, 5.41) is 8.66. The molecule has 0 bridgehead atoms. The number of rotatable bonds is 8. The van der Waals surface area contributed by atoms with Crippen molar-refractivity contribution in [2.24, 2.45) is 0 Å². The third kappa shape index (κ3) is 4.33. The van der Waals surface area contributed by atoms with Crippen LogP contribution in [0.4, 0.5) is 5.69 Å². The van der Waals surface area contributed by atoms with E-state index in [2.05, 4.69) is 15.4 Å². The van der Waals surface area contributed by atoms with Crippen molar-refractivity contribution in [3.63, 3.8) is 0 Å². The zero-order valence-corrected chi connectivity index (χ0v) is 19.2. The lowest BCUT2D eigenvalue weighted by Crippen LogP contribution is -2.15. The zero-order chi connectivity index (χ0) is 23.5. The molecule has 1 amide bonds. The van der Waals surface area contributed by atoms with Gasteiger partial charge in [0.1, 0.15) is 23.7 Å². The van der Waals surface area contributed by atoms with Crippen LogP contribution in [0.25, 0.3) is 16.6 Å². The summed E-state index contributed by atoms with van der Waals surface area (Å²) in [5.74, 6) is 0.325. The van der Waals surface area contributed by atoms with E-state index in [9.17, 15) is 4.79 Å². The molecule has 1 N–H and O–H groups in total. The normalized spacial score (nSPS) is 11.2. The summed E-state index contributed by atoms with van der Waals surface area (Å²) in [6.07, 6.45) is 4.99. The van der Waals surface area contributed by atoms with E-state index in [0.717, 1.165) is 16.5 Å². The number of anilines is 1. The van der Waals surface area contributed by atoms with E-state index in [4.69, 9.17) is 21.1 Å². The van der Waals surface area contributed by atoms with E-state index in [1.54, 1.807) is 42.1 Å². The van der Waals surface area contributed by atoms with Gasteiger partial charge < -0.3 is 14.8 Å². The van der Waals surface area contributed by atoms with Gasteiger partial charge in [-0.3, -0.25) is 13.9 Å². The number of nitrogens with zero attached hydrogens (tertiary/aromatic N) is 4. The summed E-state index contributed by atoms with van der Waals surface area (Å²) < 4.78 is 14.2. The fourth-order valence-corrected chi connectivity index (χ4v) is 3.99. The first-order valence-corrected chi connectivity index (χ1v) is 11.1. The Balaban J connectivity index is 1.41. The second-order valence-electron chi connectivity index (χ2n) is 7.67. The topological polar surface area (TPSA) is 82.7 Å². The highest BCUT2D eigenvalue weighted by Crippen LogP contribution is 2.32. The fourth-order valence-electron chi connectivity index (χ4n) is 3.78. The number of amides is 1. The zero-order valence-electron chi connectivity index (χ0n) is 18.4. The quantitative estimate of drug-likeness (QED) is 0.330. The molecule has 3 aromatic heterocycles. The number of pyridine rings is 1. The lowest BCUT2D eigenvalue weighted by molar-refractivity contribution is 0.102. The molecule has 0 unspecified atom stereocenters. The number of benzene rings is 2. The number of hydrogen-bond acceptors (Lipinski definition) is 5. The molecule has 5 rings (SSSR count). The first-order valence-electron chi connectivity index (χ1n) is 10.7. The van der Waals surface area contributed by atoms with Gasteiger partial charge in [-0.05, 0) is 23.8 Å². The van der Waals surface area contributed by atoms with Crippen LogP contribution in [0.15, 0.2) is 73.2 Å². The Bertz CT molecular complexity index is 1460. The Labute approximate surface area is 200 Å². The number of halogens is 1. The van der Waals surface area contributed by atoms with Gasteiger partial charge in [0.15, 0.2) is 0 Å². The number of fused-ring (bicyclic) bond motifs is 2. The van der Waals surface area contributed by atoms with Crippen molar-refractivity contribution in [1.29, 1.82) is 0 Å². The molecule has 0 aliphatic carbocycles. The minimum atomic E-state index is -0.328. The van der Waals surface area contributed by atoms with Gasteiger partial charge in [-0.25, -0.2) is 4.98 Å². The Morgan fingerprint density at radius 3 is 2.76 bits per heavy atom. The molecule has 9 heteroatoms. The molecular formula is C25H22ClN5O3. The smallest absolute Gasteiger partial charge is 0.274 e. The minimum Gasteiger partial charge on any atom is -0.491 e. The summed E-state index contributed by atoms with van der Waals surface area (Å²) in [4.78, 5) is 17.5. The number of carbonyl (C=O) groups is 1. The third-order valence-electron chi connectivity index (χ3n) is 5.46. The van der Waals surface area contributed by atoms with Crippen molar-refractivity contribution >= 4 is 39.7 Å². The highest BCUT2D eigenvalue weighted by molar-refractivity contribution is 6.35. The molecule has 0 spiro atoms. The van der Waals surface area contributed by atoms with Crippen LogP contribution in [0.2, 0.25) is 5.02 Å². The van der Waals surface area contributed by atoms with Gasteiger partial charge in [-0.1, -0.05) is 41.9 Å². The lowest BCUT2D eigenvalue weighted by atomic mass is 10.2. The second kappa shape index (κ2) is 9.54. The van der Waals surface area contributed by atoms with Crippen LogP contribution < -0.4 is 10.1 Å². The Hall–Kier alpha value is -3.88. The summed E-state index contributed by atoms with van der Waals surface area (Å²) in [6, 6.07) is 17.3. The third-order valence-corrected chi connectivity index (χ3v) is 5.78. The number of methoxy groups -OCH3 is 1. The molecule has 34 heavy (non-hydrogen) atoms. The van der Waals surface area contributed by atoms with Gasteiger partial charge in [0.2, 0.25) is 0 Å². The molecule has 2 aromatic carbocycles. The van der Waals surface area contributed by atoms with Gasteiger partial charge in [-0.15, -0.1) is 0 Å². The van der Waals surface area contributed by atoms with Gasteiger partial charge in [0, 0.05) is 24.8 Å². The van der Waals surface area contributed by atoms with Crippen molar-refractivity contribution in [2.45, 2.75) is 6.54 Å². The van der Waals surface area contributed by atoms with Crippen LogP contribution in [0, 0.1) is 0 Å². The minimum absolute atomic E-state index is 0.328. The van der Waals surface area contributed by atoms with Crippen LogP contribution in [-0.2, 0) is 11.3 Å². The molecule has 172 valence electrons. The summed E-state index contributed by atoms with van der Waals surface area (Å²) >= 11 is 6.48. The number of aromatic nitrogens is 4. The largest absolute Gasteiger partial charge is 0.491 e. The molecule has 3 heterocycles. The maximum Gasteiger partial charge on any atom is 0.274 e. The Morgan fingerprint density at radius 2 is 1.94 bits per heavy atom. The van der Waals surface area contributed by atoms with Crippen LogP contribution in [0.5, 0.6) is 5.75 Å². The molecule has 0 radical (unpaired) electrons. The Kier molecular flexibility index (Phi) is 6.16. The van der Waals surface area contributed by atoms with Crippen molar-refractivity contribution < 1.29 is 14.3 Å². The van der Waals surface area contributed by atoms with E-state index >= 15 is 0 Å². The molecule has 0 saturated heterocycles. The van der Waals surface area contributed by atoms with E-state index in [0.29, 0.717) is 47.6 Å². The molecule has 0 atom stereocenters. The number of nitrogens with one attached hydrogen (secondary N) is 1. The van der Waals surface area contributed by atoms with Gasteiger partial charge in [0.05, 0.1) is 41.8 Å². The van der Waals surface area contributed by atoms with Crippen molar-refractivity contribution in [3.8, 4) is 5.75 Å². The highest BCUT2D eigenvalue weighted by Gasteiger charge is 2.18. The second-order valence-corrected chi connectivity index (χ2v) is 8.08. The summed E-state index contributed by atoms with van der Waals surface area (Å²) in [5.41, 5.74) is 3.49. The molecule has 0 aliphatic heterocycles. The van der Waals surface area contributed by atoms with E-state index in [1.165, 1.54) is 6.20 Å². The number of ether oxygens (including phenoxy) is 2. The molecule has 0 fully saturated rings. The summed E-state index contributed by atoms with van der Waals surface area (Å²) in [6.45, 7) is 1.53. The molecule has 5 aromatic rings. The van der Waals surface area contributed by atoms with Gasteiger partial charge in [-0.2, -0.15) is 5.10 Å². The predicted octanol–water partition coefficient (Wildman–Crippen LogP) is 4.66. The lowest BCUT2D eigenvalue weighted by Gasteiger charge is -2.10. The molecular weight excluding hydrogens is 454 g/mol. The molecule has 0 saturated carbocycles. The molecule has 8 nitrogen and oxygen atoms in total. The standard InChI is InChI=1S/C25H22ClN5O3/c1-33-11-12-34-18-9-10-30-22(15-27-23(30)13-18)25(32)29-24-19-14-28-31(21(19)8-7-20(24)26)16-17-5-3-2-4-6-17/h2-10,13-15H,11-12,16H2,1H3,(H,29,32). The van der Waals surface area contributed by atoms with E-state index in [-0.39, 0.29) is 5.91 Å². The first-order chi connectivity index (χ1) is 16.6. The van der Waals surface area contributed by atoms with E-state index < -0.39 is 0 Å². The van der Waals surface area contributed by atoms with E-state index in [1.807, 2.05) is 41.1 Å². The maximum absolute atomic E-state index is 13.2. The predicted molar refractivity (Wildman–Crippen MR) is 131 cm³/mol. The average molecular weight is 476 g/mol. The first kappa shape index (κ1) is 21.9. The monoisotopic (exact) mass is 475 g/mol. The molecule has 0 aliphatic rings. The van der Waals surface area contributed by atoms with Crippen LogP contribution >= 0.6 is 11.6 Å². The SMILES string of the molecule is COCCOc1ccn2c(C(=O)Nc3c(Cl)ccc4c3cnn4Cc3ccccc3)cnc2c1. The average Bonchev–Trinajstić information content (AvgIpc) is 3.46. The van der Waals surface area contributed by atoms with Crippen LogP contribution in [0.3, 0.4) is 0 Å². The number of imidazole rings is 1. The fraction of sp³-hybridized carbons (Fsp3) is 0.160. The van der Waals surface area contributed by atoms with Gasteiger partial charge in [0.25, 0.3) is 5.91 Å². The number of hydrogen-bond donors (Lipinski definition) is 1. The summed E-state index contributed by atoms with van der Waals surface area (Å²) in [7, 11) is 1.62. The van der Waals surface area contributed by atoms with Crippen molar-refractivity contribution in [3.05, 3.63) is 89.5 Å².